The van der Waals surface area contributed by atoms with Gasteiger partial charge >= 0.3 is 0 Å². The zero-order valence-electron chi connectivity index (χ0n) is 9.16. The summed E-state index contributed by atoms with van der Waals surface area (Å²) in [6.45, 7) is 0. The van der Waals surface area contributed by atoms with Crippen LogP contribution >= 0.6 is 0 Å². The number of hydrogen-bond acceptors (Lipinski definition) is 0. The van der Waals surface area contributed by atoms with Crippen molar-refractivity contribution in [1.29, 1.82) is 0 Å². The maximum atomic E-state index is 0. The van der Waals surface area contributed by atoms with E-state index in [1.54, 1.807) is 0 Å². The Morgan fingerprint density at radius 1 is 0.0952 bits per heavy atom. The van der Waals surface area contributed by atoms with Crippen molar-refractivity contribution in [3.05, 3.63) is 7.43 Å². The van der Waals surface area contributed by atoms with E-state index < -0.39 is 0 Å². The van der Waals surface area contributed by atoms with Gasteiger partial charge in [0.1, 0.15) is 0 Å². The second-order valence-corrected chi connectivity index (χ2v) is 0. The summed E-state index contributed by atoms with van der Waals surface area (Å²) < 4.78 is 0. The van der Waals surface area contributed by atoms with Crippen LogP contribution in [0.15, 0.2) is 0 Å². The Kier molecular flexibility index (Phi) is 1910. The Morgan fingerprint density at radius 2 is 0.0952 bits per heavy atom. The van der Waals surface area contributed by atoms with Gasteiger partial charge in [-0.2, -0.15) is 0 Å². The van der Waals surface area contributed by atoms with E-state index >= 15 is 0 Å². The number of rotatable bonds is 0. The summed E-state index contributed by atoms with van der Waals surface area (Å²) in [5.41, 5.74) is 0. The zero-order valence-corrected chi connectivity index (χ0v) is 67.8. The average Bonchev–Trinajstić information content (AvgIpc) is 0. The first-order valence-electron chi connectivity index (χ1n) is 0. The third-order valence-electron chi connectivity index (χ3n) is 0. The molecule has 0 radical (unpaired) electrons. The molecule has 0 heterocycles. The van der Waals surface area contributed by atoms with E-state index in [1.807, 2.05) is 0 Å². The number of hydrogen-bond donors (Lipinski definition) is 0. The van der Waals surface area contributed by atoms with Crippen LogP contribution in [0.3, 0.4) is 0 Å². The zero-order chi connectivity index (χ0) is 0. The fraction of sp³-hybridized carbons (Fsp3) is 0. The molecule has 0 bridgehead atoms. The van der Waals surface area contributed by atoms with Gasteiger partial charge in [0.05, 0.1) is 0 Å². The topological polar surface area (TPSA) is 0 Å². The summed E-state index contributed by atoms with van der Waals surface area (Å²) >= 11 is 0. The van der Waals surface area contributed by atoms with Gasteiger partial charge in [-0.05, 0) is 0 Å². The molecule has 0 unspecified atom stereocenters. The van der Waals surface area contributed by atoms with E-state index in [4.69, 9.17) is 0 Å². The molecule has 0 aliphatic heterocycles. The molecular formula is CH3W20-. The molecule has 0 fully saturated rings. The molecule has 0 N–H and O–H groups in total. The molecule has 128 valence electrons. The standard InChI is InChI=1S/CH3.20W/h1H3;;;;;;;;;;;;;;;;;;;;/q-1;;;;;;;;;;;;;;;;;;;;. The van der Waals surface area contributed by atoms with Crippen LogP contribution in [-0.4, -0.2) is 0 Å². The van der Waals surface area contributed by atoms with Crippen molar-refractivity contribution < 1.29 is 421 Å². The Labute approximate surface area is 417 Å². The van der Waals surface area contributed by atoms with Gasteiger partial charge < -0.3 is 7.43 Å². The molecule has 0 aromatic carbocycles. The van der Waals surface area contributed by atoms with Gasteiger partial charge in [0.25, 0.3) is 0 Å². The fourth-order valence-electron chi connectivity index (χ4n) is 0. The average molecular weight is 3690 g/mol. The van der Waals surface area contributed by atoms with E-state index in [9.17, 15) is 0 Å². The molecule has 0 aliphatic rings. The first-order valence-corrected chi connectivity index (χ1v) is 0. The van der Waals surface area contributed by atoms with Crippen LogP contribution in [-0.2, 0) is 421 Å². The molecule has 0 aromatic heterocycles. The Hall–Kier alpha value is 13.8. The Balaban J connectivity index is 0. The maximum Gasteiger partial charge on any atom is 0 e. The predicted octanol–water partition coefficient (Wildman–Crippen LogP) is 0.400. The van der Waals surface area contributed by atoms with Gasteiger partial charge in [-0.25, -0.2) is 0 Å². The SMILES string of the molecule is [CH3-].[W].[W].[W].[W].[W].[W].[W].[W].[W].[W].[W].[W].[W].[W].[W].[W].[W].[W].[W].[W]. The maximum absolute atomic E-state index is 0. The monoisotopic (exact) mass is 3690 g/mol. The van der Waals surface area contributed by atoms with E-state index in [1.165, 1.54) is 0 Å². The Bertz CT molecular complexity index is 5.80. The minimum absolute atomic E-state index is 0. The largest absolute Gasteiger partial charge is 0.358 e. The van der Waals surface area contributed by atoms with Crippen molar-refractivity contribution in [2.45, 2.75) is 0 Å². The molecule has 0 spiro atoms. The van der Waals surface area contributed by atoms with Crippen molar-refractivity contribution in [3.8, 4) is 0 Å². The third kappa shape index (κ3) is 180. The van der Waals surface area contributed by atoms with E-state index in [2.05, 4.69) is 0 Å². The summed E-state index contributed by atoms with van der Waals surface area (Å²) in [5.74, 6) is 0. The molecule has 0 amide bonds. The molecule has 0 saturated carbocycles. The molecule has 20 heteroatoms. The third-order valence-corrected chi connectivity index (χ3v) is 0. The molecule has 0 saturated heterocycles. The molecule has 0 aromatic rings. The summed E-state index contributed by atoms with van der Waals surface area (Å²) in [6.07, 6.45) is 0. The van der Waals surface area contributed by atoms with Crippen molar-refractivity contribution in [2.75, 3.05) is 0 Å². The van der Waals surface area contributed by atoms with Gasteiger partial charge in [-0.15, -0.1) is 0 Å². The van der Waals surface area contributed by atoms with Crippen molar-refractivity contribution in [3.63, 3.8) is 0 Å². The molecule has 0 atom stereocenters. The van der Waals surface area contributed by atoms with Crippen molar-refractivity contribution in [2.24, 2.45) is 0 Å². The van der Waals surface area contributed by atoms with E-state index in [0.29, 0.717) is 0 Å². The van der Waals surface area contributed by atoms with Crippen LogP contribution in [0.5, 0.6) is 0 Å². The molecule has 0 rings (SSSR count). The van der Waals surface area contributed by atoms with Crippen LogP contribution in [0.2, 0.25) is 0 Å². The summed E-state index contributed by atoms with van der Waals surface area (Å²) in [6, 6.07) is 0. The first-order chi connectivity index (χ1) is 0. The van der Waals surface area contributed by atoms with Crippen LogP contribution in [0.25, 0.3) is 0 Å². The van der Waals surface area contributed by atoms with E-state index in [-0.39, 0.29) is 429 Å². The van der Waals surface area contributed by atoms with Gasteiger partial charge in [0.2, 0.25) is 0 Å². The molecule has 21 heavy (non-hydrogen) atoms. The van der Waals surface area contributed by atoms with Gasteiger partial charge in [0, 0.05) is 421 Å². The summed E-state index contributed by atoms with van der Waals surface area (Å²) in [5, 5.41) is 0. The van der Waals surface area contributed by atoms with Crippen LogP contribution in [0, 0.1) is 7.43 Å². The van der Waals surface area contributed by atoms with Crippen LogP contribution < -0.4 is 0 Å². The van der Waals surface area contributed by atoms with Crippen molar-refractivity contribution >= 4 is 0 Å². The summed E-state index contributed by atoms with van der Waals surface area (Å²) in [4.78, 5) is 0. The Morgan fingerprint density at radius 3 is 0.0952 bits per heavy atom. The minimum Gasteiger partial charge on any atom is -0.358 e. The second-order valence-electron chi connectivity index (χ2n) is 0. The molecular weight excluding hydrogens is 3690 g/mol. The predicted molar refractivity (Wildman–Crippen MR) is 6.41 cm³/mol. The fourth-order valence-corrected chi connectivity index (χ4v) is 0. The second kappa shape index (κ2) is 191. The molecule has 0 aliphatic carbocycles. The van der Waals surface area contributed by atoms with Gasteiger partial charge in [-0.1, -0.05) is 0 Å². The smallest absolute Gasteiger partial charge is 0 e. The summed E-state index contributed by atoms with van der Waals surface area (Å²) in [7, 11) is 0. The normalized spacial score (nSPS) is 0. The van der Waals surface area contributed by atoms with Crippen LogP contribution in [0.1, 0.15) is 0 Å². The van der Waals surface area contributed by atoms with E-state index in [0.717, 1.165) is 0 Å². The van der Waals surface area contributed by atoms with Crippen molar-refractivity contribution in [1.82, 2.24) is 0 Å². The quantitative estimate of drug-likeness (QED) is 0.309. The van der Waals surface area contributed by atoms with Gasteiger partial charge in [-0.3, -0.25) is 0 Å². The van der Waals surface area contributed by atoms with Gasteiger partial charge in [0.15, 0.2) is 0 Å². The molecule has 0 nitrogen and oxygen atoms in total. The first kappa shape index (κ1) is 209. The van der Waals surface area contributed by atoms with Crippen LogP contribution in [0.4, 0.5) is 0 Å². The minimum atomic E-state index is 0.